The minimum absolute atomic E-state index is 0.0430. The molecule has 0 atom stereocenters. The van der Waals surface area contributed by atoms with E-state index in [1.807, 2.05) is 6.07 Å². The van der Waals surface area contributed by atoms with Gasteiger partial charge in [-0.2, -0.15) is 0 Å². The maximum Gasteiger partial charge on any atom is 0.255 e. The lowest BCUT2D eigenvalue weighted by molar-refractivity contribution is -0.119. The van der Waals surface area contributed by atoms with Crippen molar-refractivity contribution in [2.75, 3.05) is 30.8 Å². The van der Waals surface area contributed by atoms with Gasteiger partial charge in [0.25, 0.3) is 5.91 Å². The fourth-order valence-corrected chi connectivity index (χ4v) is 4.09. The highest BCUT2D eigenvalue weighted by molar-refractivity contribution is 6.04. The number of carbonyl (C=O) groups is 2. The number of nitrogens with one attached hydrogen (secondary N) is 3. The molecule has 0 heterocycles. The highest BCUT2D eigenvalue weighted by atomic mass is 16.5. The van der Waals surface area contributed by atoms with E-state index in [0.29, 0.717) is 17.8 Å². The molecule has 1 aliphatic rings. The molecule has 2 amide bonds. The van der Waals surface area contributed by atoms with Crippen LogP contribution in [0.4, 0.5) is 11.4 Å². The Balaban J connectivity index is 1.25. The number of anilines is 2. The zero-order chi connectivity index (χ0) is 23.1. The summed E-state index contributed by atoms with van der Waals surface area (Å²) in [6.45, 7) is 0.838. The second kappa shape index (κ2) is 10.2. The first-order valence-electron chi connectivity index (χ1n) is 11.2. The van der Waals surface area contributed by atoms with E-state index in [2.05, 4.69) is 40.2 Å². The molecule has 4 rings (SSSR count). The van der Waals surface area contributed by atoms with Crippen molar-refractivity contribution in [1.29, 1.82) is 0 Å². The highest BCUT2D eigenvalue weighted by Gasteiger charge is 2.38. The lowest BCUT2D eigenvalue weighted by Crippen LogP contribution is -2.46. The molecule has 1 fully saturated rings. The summed E-state index contributed by atoms with van der Waals surface area (Å²) in [6.07, 6.45) is 3.40. The summed E-state index contributed by atoms with van der Waals surface area (Å²) in [5, 5.41) is 9.07. The van der Waals surface area contributed by atoms with E-state index in [4.69, 9.17) is 4.74 Å². The molecule has 33 heavy (non-hydrogen) atoms. The zero-order valence-corrected chi connectivity index (χ0v) is 18.8. The van der Waals surface area contributed by atoms with Crippen molar-refractivity contribution >= 4 is 23.2 Å². The number of hydrogen-bond acceptors (Lipinski definition) is 4. The molecular formula is C27H29N3O3. The van der Waals surface area contributed by atoms with Crippen LogP contribution in [0.2, 0.25) is 0 Å². The second-order valence-corrected chi connectivity index (χ2v) is 8.39. The average Bonchev–Trinajstić information content (AvgIpc) is 2.83. The average molecular weight is 444 g/mol. The van der Waals surface area contributed by atoms with Gasteiger partial charge in [-0.15, -0.1) is 0 Å². The van der Waals surface area contributed by atoms with Crippen molar-refractivity contribution in [2.45, 2.75) is 24.7 Å². The van der Waals surface area contributed by atoms with Crippen LogP contribution in [0.1, 0.15) is 35.2 Å². The molecule has 0 aromatic heterocycles. The molecule has 170 valence electrons. The Morgan fingerprint density at radius 2 is 1.55 bits per heavy atom. The molecule has 0 unspecified atom stereocenters. The summed E-state index contributed by atoms with van der Waals surface area (Å²) >= 11 is 0. The first-order chi connectivity index (χ1) is 16.1. The minimum Gasteiger partial charge on any atom is -0.497 e. The van der Waals surface area contributed by atoms with E-state index in [9.17, 15) is 9.59 Å². The molecule has 3 aromatic rings. The maximum absolute atomic E-state index is 12.4. The summed E-state index contributed by atoms with van der Waals surface area (Å²) in [5.41, 5.74) is 3.38. The number of rotatable bonds is 9. The number of methoxy groups -OCH3 is 1. The van der Waals surface area contributed by atoms with Gasteiger partial charge in [0.05, 0.1) is 13.7 Å². The molecule has 6 heteroatoms. The largest absolute Gasteiger partial charge is 0.497 e. The Hall–Kier alpha value is -3.80. The van der Waals surface area contributed by atoms with Crippen molar-refractivity contribution in [3.05, 3.63) is 90.0 Å². The molecule has 0 saturated heterocycles. The molecule has 1 aliphatic carbocycles. The van der Waals surface area contributed by atoms with Gasteiger partial charge in [-0.25, -0.2) is 0 Å². The third-order valence-corrected chi connectivity index (χ3v) is 6.27. The Kier molecular flexibility index (Phi) is 6.93. The SMILES string of the molecule is COc1ccc(NC(=O)c2ccc(NCC(=O)NCC3(c4ccccc4)CCC3)cc2)cc1. The Bertz CT molecular complexity index is 1080. The summed E-state index contributed by atoms with van der Waals surface area (Å²) in [5.74, 6) is 0.491. The predicted octanol–water partition coefficient (Wildman–Crippen LogP) is 4.60. The van der Waals surface area contributed by atoms with E-state index in [0.717, 1.165) is 24.3 Å². The summed E-state index contributed by atoms with van der Waals surface area (Å²) in [4.78, 5) is 24.9. The van der Waals surface area contributed by atoms with E-state index in [-0.39, 0.29) is 23.8 Å². The zero-order valence-electron chi connectivity index (χ0n) is 18.8. The number of ether oxygens (including phenoxy) is 1. The van der Waals surface area contributed by atoms with Crippen LogP contribution in [-0.2, 0) is 10.2 Å². The normalized spacial score (nSPS) is 14.0. The topological polar surface area (TPSA) is 79.5 Å². The Morgan fingerprint density at radius 3 is 2.15 bits per heavy atom. The fraction of sp³-hybridized carbons (Fsp3) is 0.259. The third-order valence-electron chi connectivity index (χ3n) is 6.27. The van der Waals surface area contributed by atoms with E-state index in [1.165, 1.54) is 12.0 Å². The van der Waals surface area contributed by atoms with Crippen LogP contribution in [0, 0.1) is 0 Å². The first-order valence-corrected chi connectivity index (χ1v) is 11.2. The van der Waals surface area contributed by atoms with Crippen LogP contribution in [0.3, 0.4) is 0 Å². The first kappa shape index (κ1) is 22.4. The molecular weight excluding hydrogens is 414 g/mol. The van der Waals surface area contributed by atoms with E-state index in [1.54, 1.807) is 55.6 Å². The lowest BCUT2D eigenvalue weighted by atomic mass is 9.64. The van der Waals surface area contributed by atoms with E-state index < -0.39 is 0 Å². The maximum atomic E-state index is 12.4. The van der Waals surface area contributed by atoms with Gasteiger partial charge < -0.3 is 20.7 Å². The summed E-state index contributed by atoms with van der Waals surface area (Å²) in [7, 11) is 1.60. The highest BCUT2D eigenvalue weighted by Crippen LogP contribution is 2.43. The van der Waals surface area contributed by atoms with Crippen LogP contribution in [-0.4, -0.2) is 32.0 Å². The van der Waals surface area contributed by atoms with Crippen molar-refractivity contribution < 1.29 is 14.3 Å². The van der Waals surface area contributed by atoms with Gasteiger partial charge in [0.2, 0.25) is 5.91 Å². The predicted molar refractivity (Wildman–Crippen MR) is 131 cm³/mol. The van der Waals surface area contributed by atoms with Crippen LogP contribution in [0.5, 0.6) is 5.75 Å². The molecule has 3 aromatic carbocycles. The van der Waals surface area contributed by atoms with Crippen LogP contribution < -0.4 is 20.7 Å². The second-order valence-electron chi connectivity index (χ2n) is 8.39. The lowest BCUT2D eigenvalue weighted by Gasteiger charge is -2.42. The standard InChI is InChI=1S/C27H29N3O3/c1-33-24-14-12-23(13-15-24)30-26(32)20-8-10-22(11-9-20)28-18-25(31)29-19-27(16-5-17-27)21-6-3-2-4-7-21/h2-4,6-15,28H,5,16-19H2,1H3,(H,29,31)(H,30,32). The number of carbonyl (C=O) groups excluding carboxylic acids is 2. The summed E-state index contributed by atoms with van der Waals surface area (Å²) in [6, 6.07) is 24.7. The number of amides is 2. The molecule has 0 spiro atoms. The molecule has 0 radical (unpaired) electrons. The molecule has 6 nitrogen and oxygen atoms in total. The van der Waals surface area contributed by atoms with Gasteiger partial charge in [0, 0.05) is 28.9 Å². The summed E-state index contributed by atoms with van der Waals surface area (Å²) < 4.78 is 5.12. The molecule has 0 bridgehead atoms. The Labute approximate surface area is 194 Å². The van der Waals surface area contributed by atoms with E-state index >= 15 is 0 Å². The fourth-order valence-electron chi connectivity index (χ4n) is 4.09. The Morgan fingerprint density at radius 1 is 0.879 bits per heavy atom. The van der Waals surface area contributed by atoms with Crippen LogP contribution >= 0.6 is 0 Å². The molecule has 1 saturated carbocycles. The van der Waals surface area contributed by atoms with Crippen LogP contribution in [0.25, 0.3) is 0 Å². The van der Waals surface area contributed by atoms with Gasteiger partial charge in [-0.3, -0.25) is 9.59 Å². The van der Waals surface area contributed by atoms with Crippen molar-refractivity contribution in [1.82, 2.24) is 5.32 Å². The van der Waals surface area contributed by atoms with Gasteiger partial charge in [0.1, 0.15) is 5.75 Å². The van der Waals surface area contributed by atoms with Gasteiger partial charge in [0.15, 0.2) is 0 Å². The van der Waals surface area contributed by atoms with Gasteiger partial charge in [-0.1, -0.05) is 36.8 Å². The van der Waals surface area contributed by atoms with Crippen LogP contribution in [0.15, 0.2) is 78.9 Å². The molecule has 0 aliphatic heterocycles. The molecule has 3 N–H and O–H groups in total. The number of benzene rings is 3. The minimum atomic E-state index is -0.198. The monoisotopic (exact) mass is 443 g/mol. The van der Waals surface area contributed by atoms with Crippen molar-refractivity contribution in [3.63, 3.8) is 0 Å². The number of hydrogen-bond donors (Lipinski definition) is 3. The quantitative estimate of drug-likeness (QED) is 0.452. The van der Waals surface area contributed by atoms with Gasteiger partial charge >= 0.3 is 0 Å². The van der Waals surface area contributed by atoms with Crippen molar-refractivity contribution in [3.8, 4) is 5.75 Å². The third kappa shape index (κ3) is 5.52. The van der Waals surface area contributed by atoms with Gasteiger partial charge in [-0.05, 0) is 66.9 Å². The van der Waals surface area contributed by atoms with Crippen molar-refractivity contribution in [2.24, 2.45) is 0 Å². The smallest absolute Gasteiger partial charge is 0.255 e.